The minimum atomic E-state index is -1.57. The number of hydrogen-bond donors (Lipinski definition) is 6. The first-order chi connectivity index (χ1) is 42.3. The van der Waals surface area contributed by atoms with Crippen molar-refractivity contribution in [2.24, 2.45) is 0 Å². The number of amides is 1. The summed E-state index contributed by atoms with van der Waals surface area (Å²) < 4.78 is 11.3. The molecule has 1 rings (SSSR count). The van der Waals surface area contributed by atoms with Gasteiger partial charge in [0.2, 0.25) is 5.91 Å². The van der Waals surface area contributed by atoms with Crippen LogP contribution in [-0.2, 0) is 14.3 Å². The molecule has 7 unspecified atom stereocenters. The second-order valence-corrected chi connectivity index (χ2v) is 25.0. The van der Waals surface area contributed by atoms with Crippen LogP contribution in [0.2, 0.25) is 0 Å². The average molecular weight is 1200 g/mol. The Morgan fingerprint density at radius 1 is 0.407 bits per heavy atom. The summed E-state index contributed by atoms with van der Waals surface area (Å²) in [7, 11) is 0. The largest absolute Gasteiger partial charge is 0.394 e. The lowest BCUT2D eigenvalue weighted by molar-refractivity contribution is -0.302. The molecule has 0 bridgehead atoms. The molecule has 9 nitrogen and oxygen atoms in total. The first-order valence-electron chi connectivity index (χ1n) is 36.5. The Labute approximate surface area is 530 Å². The van der Waals surface area contributed by atoms with Crippen molar-refractivity contribution < 1.29 is 39.8 Å². The topological polar surface area (TPSA) is 149 Å². The van der Waals surface area contributed by atoms with Gasteiger partial charge in [0.1, 0.15) is 24.4 Å². The molecule has 7 atom stereocenters. The van der Waals surface area contributed by atoms with Crippen LogP contribution in [0.25, 0.3) is 0 Å². The number of carbonyl (C=O) groups excluding carboxylic acids is 1. The lowest BCUT2D eigenvalue weighted by atomic mass is 9.99. The molecule has 1 saturated heterocycles. The highest BCUT2D eigenvalue weighted by Crippen LogP contribution is 2.23. The lowest BCUT2D eigenvalue weighted by Crippen LogP contribution is -2.60. The SMILES string of the molecule is CC/C=C\C/C=C\C/C=C\C/C=C\C/C=C\C/C=C\C/C=C\CCCCCCCCCCCCCCCCCCCCCC(=O)NC(COC1OC(CO)C(O)C(O)C1O)C(O)/C=C/CCCCCCCCCCCCCCCCCCCCCC. The normalized spacial score (nSPS) is 18.6. The molecule has 86 heavy (non-hydrogen) atoms. The standard InChI is InChI=1S/C77H137NO8/c1-3-5-7-9-11-13-15-17-19-21-23-25-27-28-29-30-31-32-33-34-35-36-37-38-39-40-41-42-43-44-45-47-49-51-53-55-57-59-61-63-65-67-73(81)78-70(69-85-77-76(84)75(83)74(82)72(68-79)86-77)71(80)66-64-62-60-58-56-54-52-50-48-46-26-24-22-20-18-16-14-12-10-8-6-4-2/h5,7,11,13,17,19,23,25,28-29,31-32,34-35,64,66,70-72,74-77,79-80,82-84H,3-4,6,8-10,12,14-16,18,20-22,24,26-27,30,33,36-63,65,67-69H2,1-2H3,(H,78,81)/b7-5-,13-11-,19-17-,25-23-,29-28-,32-31-,35-34-,66-64+. The van der Waals surface area contributed by atoms with Gasteiger partial charge in [-0.1, -0.05) is 342 Å². The summed E-state index contributed by atoms with van der Waals surface area (Å²) >= 11 is 0. The zero-order valence-corrected chi connectivity index (χ0v) is 55.8. The zero-order chi connectivity index (χ0) is 62.1. The van der Waals surface area contributed by atoms with Crippen molar-refractivity contribution in [2.75, 3.05) is 13.2 Å². The van der Waals surface area contributed by atoms with Crippen LogP contribution in [0.15, 0.2) is 97.2 Å². The fraction of sp³-hybridized carbons (Fsp3) is 0.779. The van der Waals surface area contributed by atoms with Gasteiger partial charge in [0.25, 0.3) is 0 Å². The summed E-state index contributed by atoms with van der Waals surface area (Å²) in [5.74, 6) is -0.173. The average Bonchev–Trinajstić information content (AvgIpc) is 2.36. The van der Waals surface area contributed by atoms with Crippen LogP contribution in [0.5, 0.6) is 0 Å². The monoisotopic (exact) mass is 1200 g/mol. The van der Waals surface area contributed by atoms with Crippen molar-refractivity contribution in [1.29, 1.82) is 0 Å². The van der Waals surface area contributed by atoms with Crippen LogP contribution < -0.4 is 5.32 Å². The fourth-order valence-electron chi connectivity index (χ4n) is 11.3. The van der Waals surface area contributed by atoms with Crippen molar-refractivity contribution in [3.63, 3.8) is 0 Å². The Balaban J connectivity index is 2.08. The Hall–Kier alpha value is -2.89. The number of rotatable bonds is 63. The van der Waals surface area contributed by atoms with Crippen molar-refractivity contribution in [3.05, 3.63) is 97.2 Å². The summed E-state index contributed by atoms with van der Waals surface area (Å²) in [4.78, 5) is 13.1. The van der Waals surface area contributed by atoms with Crippen molar-refractivity contribution in [1.82, 2.24) is 5.32 Å². The summed E-state index contributed by atoms with van der Waals surface area (Å²) in [6, 6.07) is -0.809. The third-order valence-electron chi connectivity index (χ3n) is 16.9. The molecule has 1 aliphatic rings. The van der Waals surface area contributed by atoms with Gasteiger partial charge >= 0.3 is 0 Å². The molecule has 1 amide bonds. The third kappa shape index (κ3) is 53.0. The molecule has 1 aliphatic heterocycles. The highest BCUT2D eigenvalue weighted by Gasteiger charge is 2.44. The lowest BCUT2D eigenvalue weighted by Gasteiger charge is -2.40. The maximum atomic E-state index is 13.1. The van der Waals surface area contributed by atoms with Gasteiger partial charge in [0.05, 0.1) is 25.4 Å². The molecule has 9 heteroatoms. The molecule has 1 heterocycles. The number of hydrogen-bond acceptors (Lipinski definition) is 8. The number of allylic oxidation sites excluding steroid dienone is 15. The predicted molar refractivity (Wildman–Crippen MR) is 368 cm³/mol. The number of aliphatic hydroxyl groups excluding tert-OH is 5. The van der Waals surface area contributed by atoms with Crippen molar-refractivity contribution >= 4 is 5.91 Å². The molecule has 0 aromatic heterocycles. The highest BCUT2D eigenvalue weighted by molar-refractivity contribution is 5.76. The van der Waals surface area contributed by atoms with Crippen LogP contribution in [-0.4, -0.2) is 87.5 Å². The van der Waals surface area contributed by atoms with E-state index in [1.807, 2.05) is 6.08 Å². The number of nitrogens with one attached hydrogen (secondary N) is 1. The maximum Gasteiger partial charge on any atom is 0.220 e. The first kappa shape index (κ1) is 81.1. The number of unbranched alkanes of at least 4 members (excludes halogenated alkanes) is 39. The second-order valence-electron chi connectivity index (χ2n) is 25.0. The minimum absolute atomic E-state index is 0.173. The Morgan fingerprint density at radius 3 is 1.07 bits per heavy atom. The molecular weight excluding hydrogens is 1070 g/mol. The van der Waals surface area contributed by atoms with Crippen LogP contribution in [0.1, 0.15) is 328 Å². The molecule has 1 fully saturated rings. The summed E-state index contributed by atoms with van der Waals surface area (Å²) in [5.41, 5.74) is 0. The number of aliphatic hydroxyl groups is 5. The molecule has 0 aromatic carbocycles. The van der Waals surface area contributed by atoms with E-state index in [0.29, 0.717) is 6.42 Å². The van der Waals surface area contributed by atoms with Crippen molar-refractivity contribution in [3.8, 4) is 0 Å². The van der Waals surface area contributed by atoms with E-state index < -0.39 is 49.5 Å². The predicted octanol–water partition coefficient (Wildman–Crippen LogP) is 20.3. The van der Waals surface area contributed by atoms with Gasteiger partial charge < -0.3 is 40.3 Å². The summed E-state index contributed by atoms with van der Waals surface area (Å²) in [6.45, 7) is 3.70. The molecule has 0 aromatic rings. The van der Waals surface area contributed by atoms with E-state index in [-0.39, 0.29) is 12.5 Å². The summed E-state index contributed by atoms with van der Waals surface area (Å²) in [5, 5.41) is 54.8. The van der Waals surface area contributed by atoms with E-state index in [1.165, 1.54) is 225 Å². The maximum absolute atomic E-state index is 13.1. The molecule has 0 aliphatic carbocycles. The molecule has 498 valence electrons. The fourth-order valence-corrected chi connectivity index (χ4v) is 11.3. The van der Waals surface area contributed by atoms with Crippen LogP contribution in [0.4, 0.5) is 0 Å². The third-order valence-corrected chi connectivity index (χ3v) is 16.9. The van der Waals surface area contributed by atoms with Gasteiger partial charge in [-0.3, -0.25) is 4.79 Å². The number of ether oxygens (including phenoxy) is 2. The van der Waals surface area contributed by atoms with E-state index in [4.69, 9.17) is 9.47 Å². The quantitative estimate of drug-likeness (QED) is 0.0261. The van der Waals surface area contributed by atoms with Gasteiger partial charge in [0.15, 0.2) is 6.29 Å². The van der Waals surface area contributed by atoms with E-state index in [0.717, 1.165) is 83.5 Å². The Kier molecular flexibility index (Phi) is 61.4. The molecule has 6 N–H and O–H groups in total. The molecule has 0 spiro atoms. The van der Waals surface area contributed by atoms with Gasteiger partial charge in [0, 0.05) is 6.42 Å². The second kappa shape index (κ2) is 65.1. The van der Waals surface area contributed by atoms with E-state index >= 15 is 0 Å². The van der Waals surface area contributed by atoms with E-state index in [9.17, 15) is 30.3 Å². The van der Waals surface area contributed by atoms with Gasteiger partial charge in [-0.05, 0) is 77.0 Å². The first-order valence-corrected chi connectivity index (χ1v) is 36.5. The minimum Gasteiger partial charge on any atom is -0.394 e. The van der Waals surface area contributed by atoms with Gasteiger partial charge in [-0.2, -0.15) is 0 Å². The van der Waals surface area contributed by atoms with E-state index in [2.05, 4.69) is 104 Å². The van der Waals surface area contributed by atoms with Gasteiger partial charge in [-0.25, -0.2) is 0 Å². The molecule has 0 saturated carbocycles. The van der Waals surface area contributed by atoms with Crippen molar-refractivity contribution in [2.45, 2.75) is 371 Å². The van der Waals surface area contributed by atoms with E-state index in [1.54, 1.807) is 6.08 Å². The van der Waals surface area contributed by atoms with Crippen LogP contribution in [0, 0.1) is 0 Å². The highest BCUT2D eigenvalue weighted by atomic mass is 16.7. The number of carbonyl (C=O) groups is 1. The smallest absolute Gasteiger partial charge is 0.220 e. The summed E-state index contributed by atoms with van der Waals surface area (Å²) in [6.07, 6.45) is 88.0. The van der Waals surface area contributed by atoms with Gasteiger partial charge in [-0.15, -0.1) is 0 Å². The molecular formula is C77H137NO8. The van der Waals surface area contributed by atoms with Crippen LogP contribution in [0.3, 0.4) is 0 Å². The van der Waals surface area contributed by atoms with Crippen LogP contribution >= 0.6 is 0 Å². The Bertz CT molecular complexity index is 1680. The zero-order valence-electron chi connectivity index (χ0n) is 55.8. The molecule has 0 radical (unpaired) electrons. The Morgan fingerprint density at radius 2 is 0.721 bits per heavy atom.